The van der Waals surface area contributed by atoms with Crippen molar-refractivity contribution in [2.24, 2.45) is 0 Å². The van der Waals surface area contributed by atoms with Crippen molar-refractivity contribution in [1.29, 1.82) is 0 Å². The minimum absolute atomic E-state index is 0.0448. The monoisotopic (exact) mass is 279 g/mol. The summed E-state index contributed by atoms with van der Waals surface area (Å²) in [6.07, 6.45) is 1.77. The Morgan fingerprint density at radius 2 is 2.53 bits per heavy atom. The van der Waals surface area contributed by atoms with Gasteiger partial charge in [-0.25, -0.2) is 0 Å². The summed E-state index contributed by atoms with van der Waals surface area (Å²) in [6.45, 7) is 4.28. The Morgan fingerprint density at radius 3 is 3.42 bits per heavy atom. The van der Waals surface area contributed by atoms with Gasteiger partial charge in [0, 0.05) is 24.4 Å². The number of hydrogen-bond acceptors (Lipinski definition) is 6. The minimum Gasteiger partial charge on any atom is -0.381 e. The first-order valence-corrected chi connectivity index (χ1v) is 7.46. The summed E-state index contributed by atoms with van der Waals surface area (Å²) in [6, 6.07) is 2.18. The summed E-state index contributed by atoms with van der Waals surface area (Å²) in [5.41, 5.74) is 1.27. The lowest BCUT2D eigenvalue weighted by molar-refractivity contribution is 0.149. The van der Waals surface area contributed by atoms with Crippen LogP contribution in [0.4, 0.5) is 0 Å². The van der Waals surface area contributed by atoms with Crippen LogP contribution in [-0.2, 0) is 17.6 Å². The maximum Gasteiger partial charge on any atom is 0.248 e. The zero-order valence-electron chi connectivity index (χ0n) is 10.9. The van der Waals surface area contributed by atoms with Gasteiger partial charge in [0.05, 0.1) is 6.61 Å². The van der Waals surface area contributed by atoms with Gasteiger partial charge in [-0.1, -0.05) is 5.16 Å². The quantitative estimate of drug-likeness (QED) is 0.848. The molecular weight excluding hydrogens is 262 g/mol. The van der Waals surface area contributed by atoms with Crippen LogP contribution >= 0.6 is 11.3 Å². The Morgan fingerprint density at radius 1 is 1.58 bits per heavy atom. The molecule has 1 unspecified atom stereocenters. The van der Waals surface area contributed by atoms with Gasteiger partial charge in [-0.05, 0) is 30.4 Å². The molecule has 0 amide bonds. The molecule has 3 rings (SSSR count). The van der Waals surface area contributed by atoms with Crippen LogP contribution in [0.25, 0.3) is 0 Å². The molecule has 1 atom stereocenters. The first kappa shape index (κ1) is 12.8. The molecule has 0 aliphatic carbocycles. The van der Waals surface area contributed by atoms with Crippen molar-refractivity contribution >= 4 is 11.3 Å². The molecule has 1 N–H and O–H groups in total. The number of thiophene rings is 1. The second-order valence-corrected chi connectivity index (χ2v) is 5.43. The molecule has 102 valence electrons. The molecule has 5 nitrogen and oxygen atoms in total. The molecule has 0 saturated heterocycles. The van der Waals surface area contributed by atoms with Crippen molar-refractivity contribution in [1.82, 2.24) is 15.5 Å². The molecule has 0 fully saturated rings. The van der Waals surface area contributed by atoms with Crippen molar-refractivity contribution in [2.75, 3.05) is 19.8 Å². The summed E-state index contributed by atoms with van der Waals surface area (Å²) in [4.78, 5) is 5.88. The molecule has 1 aliphatic heterocycles. The zero-order valence-corrected chi connectivity index (χ0v) is 11.7. The fourth-order valence-electron chi connectivity index (χ4n) is 2.27. The summed E-state index contributed by atoms with van der Waals surface area (Å²) in [7, 11) is 0. The third kappa shape index (κ3) is 2.70. The lowest BCUT2D eigenvalue weighted by Gasteiger charge is -2.20. The van der Waals surface area contributed by atoms with Gasteiger partial charge in [-0.2, -0.15) is 4.98 Å². The van der Waals surface area contributed by atoms with Crippen LogP contribution in [0.15, 0.2) is 16.0 Å². The highest BCUT2D eigenvalue weighted by Gasteiger charge is 2.26. The third-order valence-electron chi connectivity index (χ3n) is 3.20. The van der Waals surface area contributed by atoms with E-state index in [1.807, 2.05) is 6.92 Å². The maximum absolute atomic E-state index is 5.39. The highest BCUT2D eigenvalue weighted by atomic mass is 32.1. The van der Waals surface area contributed by atoms with Crippen LogP contribution in [0, 0.1) is 0 Å². The second kappa shape index (κ2) is 5.81. The Balaban J connectivity index is 1.73. The Kier molecular flexibility index (Phi) is 3.91. The average Bonchev–Trinajstić information content (AvgIpc) is 3.07. The zero-order chi connectivity index (χ0) is 13.1. The van der Waals surface area contributed by atoms with E-state index in [-0.39, 0.29) is 6.04 Å². The van der Waals surface area contributed by atoms with Gasteiger partial charge in [0.25, 0.3) is 0 Å². The topological polar surface area (TPSA) is 60.2 Å². The predicted molar refractivity (Wildman–Crippen MR) is 72.4 cm³/mol. The van der Waals surface area contributed by atoms with Crippen molar-refractivity contribution in [3.05, 3.63) is 33.6 Å². The van der Waals surface area contributed by atoms with Gasteiger partial charge in [-0.15, -0.1) is 11.3 Å². The van der Waals surface area contributed by atoms with Crippen molar-refractivity contribution in [3.63, 3.8) is 0 Å². The number of rotatable bonds is 5. The van der Waals surface area contributed by atoms with E-state index in [9.17, 15) is 0 Å². The van der Waals surface area contributed by atoms with Gasteiger partial charge >= 0.3 is 0 Å². The fraction of sp³-hybridized carbons (Fsp3) is 0.538. The summed E-state index contributed by atoms with van der Waals surface area (Å²) in [5.74, 6) is 1.37. The number of fused-ring (bicyclic) bond motifs is 1. The molecule has 0 radical (unpaired) electrons. The van der Waals surface area contributed by atoms with E-state index in [1.54, 1.807) is 11.3 Å². The van der Waals surface area contributed by atoms with Gasteiger partial charge in [0.2, 0.25) is 5.89 Å². The normalized spacial score (nSPS) is 18.5. The third-order valence-corrected chi connectivity index (χ3v) is 4.19. The smallest absolute Gasteiger partial charge is 0.248 e. The van der Waals surface area contributed by atoms with E-state index in [2.05, 4.69) is 26.9 Å². The van der Waals surface area contributed by atoms with Crippen LogP contribution < -0.4 is 5.32 Å². The Labute approximate surface area is 116 Å². The molecule has 0 aromatic carbocycles. The number of nitrogens with zero attached hydrogens (tertiary/aromatic N) is 2. The molecule has 1 aliphatic rings. The van der Waals surface area contributed by atoms with Gasteiger partial charge < -0.3 is 14.6 Å². The lowest BCUT2D eigenvalue weighted by atomic mass is 10.0. The van der Waals surface area contributed by atoms with Crippen LogP contribution in [0.3, 0.4) is 0 Å². The highest BCUT2D eigenvalue weighted by Crippen LogP contribution is 2.31. The minimum atomic E-state index is 0.0448. The van der Waals surface area contributed by atoms with Gasteiger partial charge in [-0.3, -0.25) is 0 Å². The lowest BCUT2D eigenvalue weighted by Crippen LogP contribution is -2.29. The summed E-state index contributed by atoms with van der Waals surface area (Å²) in [5, 5.41) is 9.58. The molecule has 6 heteroatoms. The van der Waals surface area contributed by atoms with E-state index in [0.717, 1.165) is 13.0 Å². The number of ether oxygens (including phenoxy) is 1. The molecule has 3 heterocycles. The number of aromatic nitrogens is 2. The van der Waals surface area contributed by atoms with Gasteiger partial charge in [0.15, 0.2) is 5.82 Å². The summed E-state index contributed by atoms with van der Waals surface area (Å²) >= 11 is 1.80. The summed E-state index contributed by atoms with van der Waals surface area (Å²) < 4.78 is 10.7. The largest absolute Gasteiger partial charge is 0.381 e. The SMILES string of the molecule is CCOCCc1noc(C2NCCc3sccc32)n1. The molecule has 0 bridgehead atoms. The number of hydrogen-bond donors (Lipinski definition) is 1. The molecule has 19 heavy (non-hydrogen) atoms. The molecule has 0 saturated carbocycles. The van der Waals surface area contributed by atoms with Crippen LogP contribution in [0.5, 0.6) is 0 Å². The van der Waals surface area contributed by atoms with E-state index in [1.165, 1.54) is 10.4 Å². The predicted octanol–water partition coefficient (Wildman–Crippen LogP) is 1.95. The van der Waals surface area contributed by atoms with Crippen molar-refractivity contribution < 1.29 is 9.26 Å². The van der Waals surface area contributed by atoms with Crippen molar-refractivity contribution in [2.45, 2.75) is 25.8 Å². The molecule has 2 aromatic heterocycles. The van der Waals surface area contributed by atoms with E-state index in [4.69, 9.17) is 9.26 Å². The van der Waals surface area contributed by atoms with Crippen molar-refractivity contribution in [3.8, 4) is 0 Å². The van der Waals surface area contributed by atoms with E-state index in [0.29, 0.717) is 31.3 Å². The number of nitrogens with one attached hydrogen (secondary N) is 1. The second-order valence-electron chi connectivity index (χ2n) is 4.43. The van der Waals surface area contributed by atoms with Gasteiger partial charge in [0.1, 0.15) is 6.04 Å². The standard InChI is InChI=1S/C13H17N3O2S/c1-2-17-7-4-11-15-13(18-16-11)12-9-5-8-19-10(9)3-6-14-12/h5,8,12,14H,2-4,6-7H2,1H3. The highest BCUT2D eigenvalue weighted by molar-refractivity contribution is 7.10. The van der Waals surface area contributed by atoms with Crippen LogP contribution in [-0.4, -0.2) is 29.9 Å². The first-order valence-electron chi connectivity index (χ1n) is 6.58. The molecule has 0 spiro atoms. The fourth-order valence-corrected chi connectivity index (χ4v) is 3.19. The first-order chi connectivity index (χ1) is 9.38. The Bertz CT molecular complexity index is 537. The van der Waals surface area contributed by atoms with E-state index >= 15 is 0 Å². The Hall–Kier alpha value is -1.24. The molecule has 2 aromatic rings. The molecular formula is C13H17N3O2S. The maximum atomic E-state index is 5.39. The van der Waals surface area contributed by atoms with E-state index < -0.39 is 0 Å². The van der Waals surface area contributed by atoms with Crippen LogP contribution in [0.2, 0.25) is 0 Å². The average molecular weight is 279 g/mol. The van der Waals surface area contributed by atoms with Crippen LogP contribution in [0.1, 0.15) is 35.1 Å².